The van der Waals surface area contributed by atoms with Crippen molar-refractivity contribution in [1.82, 2.24) is 0 Å². The molecule has 0 aliphatic heterocycles. The molecule has 82 valence electrons. The Labute approximate surface area is 96.2 Å². The van der Waals surface area contributed by atoms with Crippen molar-refractivity contribution in [2.75, 3.05) is 0 Å². The monoisotopic (exact) mass is 218 g/mol. The average Bonchev–Trinajstić information content (AvgIpc) is 2.25. The van der Waals surface area contributed by atoms with Crippen LogP contribution < -0.4 is 5.19 Å². The van der Waals surface area contributed by atoms with E-state index < -0.39 is 0 Å². The van der Waals surface area contributed by atoms with Crippen LogP contribution in [0.2, 0.25) is 0 Å². The Morgan fingerprint density at radius 2 is 1.87 bits per heavy atom. The molecule has 0 saturated heterocycles. The van der Waals surface area contributed by atoms with Gasteiger partial charge in [0.15, 0.2) is 0 Å². The molecule has 0 atom stereocenters. The SMILES string of the molecule is CCC(CCC(C)C)=[SiH]c1ccccc1. The fourth-order valence-electron chi connectivity index (χ4n) is 1.61. The Bertz CT molecular complexity index is 298. The van der Waals surface area contributed by atoms with Crippen molar-refractivity contribution < 1.29 is 0 Å². The van der Waals surface area contributed by atoms with Gasteiger partial charge in [0, 0.05) is 9.13 Å². The van der Waals surface area contributed by atoms with Crippen molar-refractivity contribution in [2.45, 2.75) is 40.0 Å². The lowest BCUT2D eigenvalue weighted by Gasteiger charge is -2.07. The summed E-state index contributed by atoms with van der Waals surface area (Å²) in [6.07, 6.45) is 3.94. The van der Waals surface area contributed by atoms with Crippen molar-refractivity contribution in [1.29, 1.82) is 0 Å². The number of rotatable bonds is 5. The third-order valence-electron chi connectivity index (χ3n) is 2.67. The first-order chi connectivity index (χ1) is 7.22. The van der Waals surface area contributed by atoms with Gasteiger partial charge in [0.1, 0.15) is 0 Å². The first kappa shape index (κ1) is 12.4. The minimum absolute atomic E-state index is 0.394. The van der Waals surface area contributed by atoms with E-state index in [1.54, 1.807) is 5.17 Å². The van der Waals surface area contributed by atoms with Gasteiger partial charge < -0.3 is 0 Å². The molecule has 0 saturated carbocycles. The van der Waals surface area contributed by atoms with Gasteiger partial charge in [-0.1, -0.05) is 56.3 Å². The maximum atomic E-state index is 2.31. The predicted octanol–water partition coefficient (Wildman–Crippen LogP) is 2.77. The van der Waals surface area contributed by atoms with Crippen LogP contribution in [0, 0.1) is 5.92 Å². The Hall–Kier alpha value is -0.693. The molecule has 0 aliphatic carbocycles. The smallest absolute Gasteiger partial charge is 0.0285 e. The van der Waals surface area contributed by atoms with E-state index in [1.807, 2.05) is 0 Å². The summed E-state index contributed by atoms with van der Waals surface area (Å²) >= 11 is 0. The molecule has 0 radical (unpaired) electrons. The zero-order valence-corrected chi connectivity index (χ0v) is 11.3. The molecule has 0 aliphatic rings. The fraction of sp³-hybridized carbons (Fsp3) is 0.500. The largest absolute Gasteiger partial charge is 0.0879 e. The van der Waals surface area contributed by atoms with E-state index in [-0.39, 0.29) is 0 Å². The highest BCUT2D eigenvalue weighted by molar-refractivity contribution is 6.66. The summed E-state index contributed by atoms with van der Waals surface area (Å²) in [5.74, 6) is 0.835. The first-order valence-electron chi connectivity index (χ1n) is 5.97. The van der Waals surface area contributed by atoms with E-state index in [1.165, 1.54) is 24.4 Å². The van der Waals surface area contributed by atoms with Gasteiger partial charge in [-0.15, -0.1) is 0 Å². The normalized spacial score (nSPS) is 12.1. The fourth-order valence-corrected chi connectivity index (χ4v) is 3.01. The van der Waals surface area contributed by atoms with E-state index in [9.17, 15) is 0 Å². The van der Waals surface area contributed by atoms with Gasteiger partial charge in [0.2, 0.25) is 0 Å². The Kier molecular flexibility index (Phi) is 5.55. The van der Waals surface area contributed by atoms with Crippen LogP contribution in [0.3, 0.4) is 0 Å². The van der Waals surface area contributed by atoms with Crippen molar-refractivity contribution in [3.8, 4) is 0 Å². The predicted molar refractivity (Wildman–Crippen MR) is 72.6 cm³/mol. The molecular weight excluding hydrogens is 196 g/mol. The van der Waals surface area contributed by atoms with Crippen molar-refractivity contribution in [3.05, 3.63) is 30.3 Å². The lowest BCUT2D eigenvalue weighted by atomic mass is 10.1. The molecule has 1 aromatic carbocycles. The molecule has 0 nitrogen and oxygen atoms in total. The summed E-state index contributed by atoms with van der Waals surface area (Å²) in [6, 6.07) is 10.9. The molecule has 1 aromatic rings. The molecule has 0 spiro atoms. The van der Waals surface area contributed by atoms with E-state index >= 15 is 0 Å². The second-order valence-corrected chi connectivity index (χ2v) is 6.27. The van der Waals surface area contributed by atoms with Crippen LogP contribution >= 0.6 is 0 Å². The molecule has 0 heterocycles. The Balaban J connectivity index is 2.62. The van der Waals surface area contributed by atoms with Crippen LogP contribution in [0.15, 0.2) is 30.3 Å². The van der Waals surface area contributed by atoms with Crippen LogP contribution in [0.4, 0.5) is 0 Å². The molecule has 0 bridgehead atoms. The summed E-state index contributed by atoms with van der Waals surface area (Å²) in [7, 11) is 0.394. The molecular formula is C14H22Si. The maximum absolute atomic E-state index is 2.31. The van der Waals surface area contributed by atoms with Crippen molar-refractivity contribution in [3.63, 3.8) is 0 Å². The first-order valence-corrected chi connectivity index (χ1v) is 7.12. The highest BCUT2D eigenvalue weighted by atomic mass is 28.2. The number of hydrogen-bond acceptors (Lipinski definition) is 0. The molecule has 15 heavy (non-hydrogen) atoms. The van der Waals surface area contributed by atoms with E-state index in [0.29, 0.717) is 9.13 Å². The summed E-state index contributed by atoms with van der Waals surface area (Å²) in [5.41, 5.74) is 0. The zero-order chi connectivity index (χ0) is 11.1. The van der Waals surface area contributed by atoms with Crippen LogP contribution in [-0.4, -0.2) is 14.3 Å². The van der Waals surface area contributed by atoms with Crippen molar-refractivity contribution in [2.24, 2.45) is 5.92 Å². The summed E-state index contributed by atoms with van der Waals surface area (Å²) in [5, 5.41) is 3.31. The quantitative estimate of drug-likeness (QED) is 0.667. The summed E-state index contributed by atoms with van der Waals surface area (Å²) in [4.78, 5) is 0. The molecule has 0 fully saturated rings. The lowest BCUT2D eigenvalue weighted by molar-refractivity contribution is 0.603. The van der Waals surface area contributed by atoms with Crippen molar-refractivity contribution >= 4 is 19.5 Å². The van der Waals surface area contributed by atoms with Crippen LogP contribution in [-0.2, 0) is 0 Å². The highest BCUT2D eigenvalue weighted by Crippen LogP contribution is 2.05. The molecule has 0 N–H and O–H groups in total. The van der Waals surface area contributed by atoms with Gasteiger partial charge in [-0.25, -0.2) is 0 Å². The van der Waals surface area contributed by atoms with Gasteiger partial charge in [-0.3, -0.25) is 0 Å². The Morgan fingerprint density at radius 1 is 1.20 bits per heavy atom. The highest BCUT2D eigenvalue weighted by Gasteiger charge is 1.98. The van der Waals surface area contributed by atoms with Crippen LogP contribution in [0.5, 0.6) is 0 Å². The van der Waals surface area contributed by atoms with Gasteiger partial charge in [-0.05, 0) is 30.4 Å². The number of benzene rings is 1. The molecule has 1 heteroatoms. The Morgan fingerprint density at radius 3 is 2.40 bits per heavy atom. The zero-order valence-electron chi connectivity index (χ0n) is 10.2. The minimum atomic E-state index is 0.394. The molecule has 1 rings (SSSR count). The summed E-state index contributed by atoms with van der Waals surface area (Å²) < 4.78 is 0. The maximum Gasteiger partial charge on any atom is 0.0285 e. The van der Waals surface area contributed by atoms with Crippen LogP contribution in [0.25, 0.3) is 0 Å². The molecule has 0 aromatic heterocycles. The topological polar surface area (TPSA) is 0 Å². The van der Waals surface area contributed by atoms with Gasteiger partial charge >= 0.3 is 0 Å². The van der Waals surface area contributed by atoms with Crippen LogP contribution in [0.1, 0.15) is 40.0 Å². The third kappa shape index (κ3) is 5.08. The second-order valence-electron chi connectivity index (χ2n) is 4.50. The minimum Gasteiger partial charge on any atom is -0.0879 e. The van der Waals surface area contributed by atoms with E-state index in [2.05, 4.69) is 51.1 Å². The number of hydrogen-bond donors (Lipinski definition) is 0. The summed E-state index contributed by atoms with van der Waals surface area (Å²) in [6.45, 7) is 6.92. The third-order valence-corrected chi connectivity index (χ3v) is 4.49. The standard InChI is InChI=1S/C14H22Si/c1-4-13(11-10-12(2)3)15-14-8-6-5-7-9-14/h5-9,12,15H,4,10-11H2,1-3H3. The lowest BCUT2D eigenvalue weighted by Crippen LogP contribution is -2.15. The van der Waals surface area contributed by atoms with Gasteiger partial charge in [0.05, 0.1) is 0 Å². The van der Waals surface area contributed by atoms with E-state index in [4.69, 9.17) is 0 Å². The molecule has 0 amide bonds. The van der Waals surface area contributed by atoms with Gasteiger partial charge in [-0.2, -0.15) is 0 Å². The molecule has 0 unspecified atom stereocenters. The van der Waals surface area contributed by atoms with E-state index in [0.717, 1.165) is 5.92 Å². The van der Waals surface area contributed by atoms with Gasteiger partial charge in [0.25, 0.3) is 0 Å². The second kappa shape index (κ2) is 6.73. The average molecular weight is 218 g/mol.